The molecule has 150 valence electrons. The average molecular weight is 442 g/mol. The van der Waals surface area contributed by atoms with Gasteiger partial charge in [0.1, 0.15) is 0 Å². The number of piperidine rings is 1. The first kappa shape index (κ1) is 21.0. The van der Waals surface area contributed by atoms with E-state index in [0.717, 1.165) is 5.56 Å². The molecule has 1 aromatic carbocycles. The van der Waals surface area contributed by atoms with Crippen LogP contribution in [-0.4, -0.2) is 36.7 Å². The summed E-state index contributed by atoms with van der Waals surface area (Å²) in [5.41, 5.74) is 1.52. The fourth-order valence-electron chi connectivity index (χ4n) is 3.16. The summed E-state index contributed by atoms with van der Waals surface area (Å²) in [5, 5.41) is 3.62. The van der Waals surface area contributed by atoms with Gasteiger partial charge in [0, 0.05) is 37.9 Å². The summed E-state index contributed by atoms with van der Waals surface area (Å²) in [6.45, 7) is 1.08. The van der Waals surface area contributed by atoms with E-state index in [-0.39, 0.29) is 17.6 Å². The Hall–Kier alpha value is -1.67. The molecule has 0 radical (unpaired) electrons. The van der Waals surface area contributed by atoms with Crippen LogP contribution < -0.4 is 5.32 Å². The highest BCUT2D eigenvalue weighted by molar-refractivity contribution is 7.88. The van der Waals surface area contributed by atoms with Crippen molar-refractivity contribution in [3.63, 3.8) is 0 Å². The van der Waals surface area contributed by atoms with Gasteiger partial charge >= 0.3 is 0 Å². The number of nitrogens with one attached hydrogen (secondary N) is 1. The minimum Gasteiger partial charge on any atom is -0.352 e. The maximum absolute atomic E-state index is 12.7. The van der Waals surface area contributed by atoms with Crippen molar-refractivity contribution >= 4 is 39.1 Å². The van der Waals surface area contributed by atoms with E-state index in [9.17, 15) is 13.2 Å². The lowest BCUT2D eigenvalue weighted by atomic mass is 9.97. The van der Waals surface area contributed by atoms with Gasteiger partial charge in [-0.2, -0.15) is 0 Å². The first-order valence-electron chi connectivity index (χ1n) is 8.93. The number of nitrogens with zero attached hydrogens (tertiary/aromatic N) is 2. The quantitative estimate of drug-likeness (QED) is 0.745. The number of rotatable bonds is 6. The van der Waals surface area contributed by atoms with Gasteiger partial charge in [-0.05, 0) is 42.2 Å². The van der Waals surface area contributed by atoms with Crippen LogP contribution in [0, 0.1) is 5.92 Å². The van der Waals surface area contributed by atoms with Gasteiger partial charge in [-0.3, -0.25) is 9.78 Å². The number of hydrogen-bond acceptors (Lipinski definition) is 4. The number of sulfonamides is 1. The molecule has 0 spiro atoms. The lowest BCUT2D eigenvalue weighted by Crippen LogP contribution is -2.43. The van der Waals surface area contributed by atoms with Crippen molar-refractivity contribution in [3.05, 3.63) is 63.9 Å². The molecule has 2 heterocycles. The molecule has 0 aliphatic carbocycles. The third-order valence-electron chi connectivity index (χ3n) is 4.74. The Morgan fingerprint density at radius 1 is 1.14 bits per heavy atom. The molecule has 2 aromatic rings. The minimum absolute atomic E-state index is 0.0506. The zero-order valence-electron chi connectivity index (χ0n) is 15.1. The minimum atomic E-state index is -3.48. The van der Waals surface area contributed by atoms with Crippen LogP contribution in [0.4, 0.5) is 0 Å². The number of benzene rings is 1. The summed E-state index contributed by atoms with van der Waals surface area (Å²) in [6.07, 6.45) is 4.39. The number of hydrogen-bond donors (Lipinski definition) is 1. The molecule has 6 nitrogen and oxygen atoms in total. The third kappa shape index (κ3) is 5.44. The molecule has 1 aliphatic rings. The molecule has 0 unspecified atom stereocenters. The summed E-state index contributed by atoms with van der Waals surface area (Å²) >= 11 is 11.8. The lowest BCUT2D eigenvalue weighted by molar-refractivity contribution is -0.126. The fraction of sp³-hybridized carbons (Fsp3) is 0.368. The number of carbonyl (C=O) groups excluding carboxylic acids is 1. The predicted octanol–water partition coefficient (Wildman–Crippen LogP) is 3.25. The molecule has 28 heavy (non-hydrogen) atoms. The second kappa shape index (κ2) is 9.22. The lowest BCUT2D eigenvalue weighted by Gasteiger charge is -2.30. The van der Waals surface area contributed by atoms with Crippen molar-refractivity contribution in [2.24, 2.45) is 5.92 Å². The van der Waals surface area contributed by atoms with Crippen LogP contribution in [-0.2, 0) is 27.1 Å². The highest BCUT2D eigenvalue weighted by Gasteiger charge is 2.31. The summed E-state index contributed by atoms with van der Waals surface area (Å²) in [5.74, 6) is -0.375. The van der Waals surface area contributed by atoms with Crippen molar-refractivity contribution in [1.82, 2.24) is 14.6 Å². The average Bonchev–Trinajstić information content (AvgIpc) is 2.69. The largest absolute Gasteiger partial charge is 0.352 e. The number of halogens is 2. The number of carbonyl (C=O) groups is 1. The molecule has 0 atom stereocenters. The van der Waals surface area contributed by atoms with Gasteiger partial charge in [0.05, 0.1) is 15.8 Å². The monoisotopic (exact) mass is 441 g/mol. The summed E-state index contributed by atoms with van der Waals surface area (Å²) in [7, 11) is -3.48. The van der Waals surface area contributed by atoms with Crippen LogP contribution in [0.5, 0.6) is 0 Å². The summed E-state index contributed by atoms with van der Waals surface area (Å²) < 4.78 is 26.8. The van der Waals surface area contributed by atoms with Gasteiger partial charge in [-0.25, -0.2) is 12.7 Å². The maximum Gasteiger partial charge on any atom is 0.223 e. The van der Waals surface area contributed by atoms with Crippen LogP contribution in [0.2, 0.25) is 10.0 Å². The molecule has 1 aromatic heterocycles. The first-order valence-corrected chi connectivity index (χ1v) is 11.3. The smallest absolute Gasteiger partial charge is 0.223 e. The number of pyridine rings is 1. The highest BCUT2D eigenvalue weighted by atomic mass is 35.5. The second-order valence-electron chi connectivity index (χ2n) is 6.76. The zero-order valence-corrected chi connectivity index (χ0v) is 17.5. The molecule has 1 saturated heterocycles. The Morgan fingerprint density at radius 3 is 2.54 bits per heavy atom. The molecule has 0 saturated carbocycles. The van der Waals surface area contributed by atoms with Gasteiger partial charge in [-0.1, -0.05) is 35.3 Å². The molecule has 9 heteroatoms. The van der Waals surface area contributed by atoms with Gasteiger partial charge in [0.25, 0.3) is 0 Å². The van der Waals surface area contributed by atoms with Gasteiger partial charge < -0.3 is 5.32 Å². The van der Waals surface area contributed by atoms with Crippen molar-refractivity contribution in [2.45, 2.75) is 25.1 Å². The SMILES string of the molecule is O=C(NCc1cccnc1)C1CCN(S(=O)(=O)Cc2ccc(Cl)c(Cl)c2)CC1. The fourth-order valence-corrected chi connectivity index (χ4v) is 5.03. The van der Waals surface area contributed by atoms with E-state index in [4.69, 9.17) is 23.2 Å². The molecule has 3 rings (SSSR count). The Bertz CT molecular complexity index is 931. The Morgan fingerprint density at radius 2 is 1.89 bits per heavy atom. The van der Waals surface area contributed by atoms with Crippen molar-refractivity contribution < 1.29 is 13.2 Å². The Kier molecular flexibility index (Phi) is 6.93. The van der Waals surface area contributed by atoms with E-state index < -0.39 is 10.0 Å². The van der Waals surface area contributed by atoms with E-state index >= 15 is 0 Å². The highest BCUT2D eigenvalue weighted by Crippen LogP contribution is 2.26. The third-order valence-corrected chi connectivity index (χ3v) is 7.33. The van der Waals surface area contributed by atoms with E-state index in [1.807, 2.05) is 12.1 Å². The summed E-state index contributed by atoms with van der Waals surface area (Å²) in [4.78, 5) is 16.4. The van der Waals surface area contributed by atoms with Crippen LogP contribution in [0.25, 0.3) is 0 Å². The van der Waals surface area contributed by atoms with Crippen LogP contribution in [0.15, 0.2) is 42.7 Å². The van der Waals surface area contributed by atoms with E-state index in [2.05, 4.69) is 10.3 Å². The molecule has 0 bridgehead atoms. The standard InChI is InChI=1S/C19H21Cl2N3O3S/c20-17-4-3-14(10-18(17)21)13-28(26,27)24-8-5-16(6-9-24)19(25)23-12-15-2-1-7-22-11-15/h1-4,7,10-11,16H,5-6,8-9,12-13H2,(H,23,25). The van der Waals surface area contributed by atoms with Crippen LogP contribution in [0.3, 0.4) is 0 Å². The Labute approximate surface area is 174 Å². The second-order valence-corrected chi connectivity index (χ2v) is 9.54. The summed E-state index contributed by atoms with van der Waals surface area (Å²) in [6, 6.07) is 8.53. The van der Waals surface area contributed by atoms with E-state index in [0.29, 0.717) is 48.1 Å². The molecule has 1 amide bonds. The van der Waals surface area contributed by atoms with Gasteiger partial charge in [0.15, 0.2) is 0 Å². The number of aromatic nitrogens is 1. The molecule has 1 N–H and O–H groups in total. The topological polar surface area (TPSA) is 79.4 Å². The molecule has 1 fully saturated rings. The van der Waals surface area contributed by atoms with Gasteiger partial charge in [0.2, 0.25) is 15.9 Å². The zero-order chi connectivity index (χ0) is 20.1. The maximum atomic E-state index is 12.7. The first-order chi connectivity index (χ1) is 13.3. The molecule has 1 aliphatic heterocycles. The van der Waals surface area contributed by atoms with Crippen molar-refractivity contribution in [1.29, 1.82) is 0 Å². The van der Waals surface area contributed by atoms with Crippen LogP contribution >= 0.6 is 23.2 Å². The van der Waals surface area contributed by atoms with Gasteiger partial charge in [-0.15, -0.1) is 0 Å². The van der Waals surface area contributed by atoms with E-state index in [1.165, 1.54) is 4.31 Å². The molecular formula is C19H21Cl2N3O3S. The van der Waals surface area contributed by atoms with Crippen molar-refractivity contribution in [2.75, 3.05) is 13.1 Å². The van der Waals surface area contributed by atoms with Crippen LogP contribution in [0.1, 0.15) is 24.0 Å². The predicted molar refractivity (Wildman–Crippen MR) is 109 cm³/mol. The number of amides is 1. The molecular weight excluding hydrogens is 421 g/mol. The van der Waals surface area contributed by atoms with Crippen molar-refractivity contribution in [3.8, 4) is 0 Å². The Balaban J connectivity index is 1.52. The normalized spacial score (nSPS) is 16.1. The van der Waals surface area contributed by atoms with E-state index in [1.54, 1.807) is 30.6 Å².